The van der Waals surface area contributed by atoms with Crippen molar-refractivity contribution in [1.82, 2.24) is 4.98 Å². The molecule has 1 N–H and O–H groups in total. The van der Waals surface area contributed by atoms with Crippen molar-refractivity contribution in [2.24, 2.45) is 0 Å². The highest BCUT2D eigenvalue weighted by atomic mass is 19.4. The number of carboxylic acids is 1. The Morgan fingerprint density at radius 3 is 2.56 bits per heavy atom. The highest BCUT2D eigenvalue weighted by Gasteiger charge is 2.34. The molecule has 1 fully saturated rings. The first-order valence-corrected chi connectivity index (χ1v) is 9.12. The van der Waals surface area contributed by atoms with Gasteiger partial charge >= 0.3 is 18.9 Å². The molecular formula is C19H16F6N2O5. The van der Waals surface area contributed by atoms with Gasteiger partial charge in [-0.1, -0.05) is 12.1 Å². The van der Waals surface area contributed by atoms with Crippen LogP contribution < -0.4 is 14.4 Å². The van der Waals surface area contributed by atoms with E-state index in [0.717, 1.165) is 6.07 Å². The molecule has 1 aliphatic rings. The van der Waals surface area contributed by atoms with Crippen LogP contribution in [0.25, 0.3) is 0 Å². The molecule has 3 rings (SSSR count). The summed E-state index contributed by atoms with van der Waals surface area (Å²) in [6, 6.07) is 5.09. The van der Waals surface area contributed by atoms with Gasteiger partial charge in [-0.15, -0.1) is 13.2 Å². The Bertz CT molecular complexity index is 972. The molecule has 1 aromatic heterocycles. The summed E-state index contributed by atoms with van der Waals surface area (Å²) in [4.78, 5) is 16.6. The Balaban J connectivity index is 1.81. The number of carbonyl (C=O) groups is 1. The molecule has 1 saturated heterocycles. The van der Waals surface area contributed by atoms with Crippen molar-refractivity contribution in [3.63, 3.8) is 0 Å². The SMILES string of the molecule is O=C(O)c1c(COC(F)F)ncc(F)c1N1CC[C@H](Oc2ccccc2OC(F)(F)F)C1. The minimum atomic E-state index is -4.94. The van der Waals surface area contributed by atoms with E-state index in [1.807, 2.05) is 0 Å². The third-order valence-corrected chi connectivity index (χ3v) is 4.47. The van der Waals surface area contributed by atoms with E-state index in [9.17, 15) is 36.2 Å². The number of aromatic nitrogens is 1. The minimum absolute atomic E-state index is 0.0866. The zero-order chi connectivity index (χ0) is 23.5. The number of carboxylic acid groups (broad SMARTS) is 1. The summed E-state index contributed by atoms with van der Waals surface area (Å²) < 4.78 is 90.6. The molecule has 7 nitrogen and oxygen atoms in total. The van der Waals surface area contributed by atoms with E-state index in [4.69, 9.17) is 4.74 Å². The zero-order valence-corrected chi connectivity index (χ0v) is 16.1. The van der Waals surface area contributed by atoms with Crippen molar-refractivity contribution >= 4 is 11.7 Å². The number of aromatic carboxylic acids is 1. The van der Waals surface area contributed by atoms with E-state index in [1.165, 1.54) is 23.1 Å². The Morgan fingerprint density at radius 2 is 1.94 bits per heavy atom. The molecule has 0 saturated carbocycles. The molecule has 1 atom stereocenters. The van der Waals surface area contributed by atoms with Gasteiger partial charge in [0.1, 0.15) is 11.7 Å². The second-order valence-corrected chi connectivity index (χ2v) is 6.62. The van der Waals surface area contributed by atoms with E-state index in [2.05, 4.69) is 14.5 Å². The first-order valence-electron chi connectivity index (χ1n) is 9.12. The fourth-order valence-electron chi connectivity index (χ4n) is 3.27. The zero-order valence-electron chi connectivity index (χ0n) is 16.1. The standard InChI is InChI=1S/C19H16F6N2O5/c20-11-7-26-12(9-30-18(21)22)15(17(28)29)16(11)27-6-5-10(8-27)31-13-3-1-2-4-14(13)32-19(23,24)25/h1-4,7,10,18H,5-6,8-9H2,(H,28,29)/t10-/m0/s1. The summed E-state index contributed by atoms with van der Waals surface area (Å²) in [5.41, 5.74) is -1.44. The predicted molar refractivity (Wildman–Crippen MR) is 96.3 cm³/mol. The minimum Gasteiger partial charge on any atom is -0.485 e. The van der Waals surface area contributed by atoms with E-state index in [-0.39, 0.29) is 25.3 Å². The predicted octanol–water partition coefficient (Wildman–Crippen LogP) is 4.21. The number of alkyl halides is 5. The van der Waals surface area contributed by atoms with Gasteiger partial charge < -0.3 is 24.2 Å². The highest BCUT2D eigenvalue weighted by molar-refractivity contribution is 5.95. The molecular weight excluding hydrogens is 450 g/mol. The molecule has 0 bridgehead atoms. The van der Waals surface area contributed by atoms with E-state index < -0.39 is 60.2 Å². The van der Waals surface area contributed by atoms with Gasteiger partial charge in [-0.2, -0.15) is 8.78 Å². The first kappa shape index (κ1) is 23.4. The van der Waals surface area contributed by atoms with Crippen LogP contribution in [0.15, 0.2) is 30.5 Å². The maximum atomic E-state index is 14.5. The molecule has 0 amide bonds. The second-order valence-electron chi connectivity index (χ2n) is 6.62. The van der Waals surface area contributed by atoms with Crippen LogP contribution in [0.1, 0.15) is 22.5 Å². The number of hydrogen-bond donors (Lipinski definition) is 1. The van der Waals surface area contributed by atoms with Gasteiger partial charge in [-0.05, 0) is 12.1 Å². The van der Waals surface area contributed by atoms with Crippen molar-refractivity contribution in [2.75, 3.05) is 18.0 Å². The molecule has 1 aromatic carbocycles. The topological polar surface area (TPSA) is 81.1 Å². The number of anilines is 1. The van der Waals surface area contributed by atoms with Gasteiger partial charge in [0.25, 0.3) is 0 Å². The summed E-state index contributed by atoms with van der Waals surface area (Å²) in [5.74, 6) is -3.37. The smallest absolute Gasteiger partial charge is 0.485 e. The maximum absolute atomic E-state index is 14.5. The van der Waals surface area contributed by atoms with Gasteiger partial charge in [0.05, 0.1) is 30.7 Å². The van der Waals surface area contributed by atoms with Crippen LogP contribution in [0.5, 0.6) is 11.5 Å². The van der Waals surface area contributed by atoms with E-state index >= 15 is 0 Å². The summed E-state index contributed by atoms with van der Waals surface area (Å²) in [6.45, 7) is -4.04. The normalized spacial score (nSPS) is 16.5. The van der Waals surface area contributed by atoms with Crippen LogP contribution in [0.2, 0.25) is 0 Å². The molecule has 1 aliphatic heterocycles. The van der Waals surface area contributed by atoms with E-state index in [0.29, 0.717) is 6.20 Å². The highest BCUT2D eigenvalue weighted by Crippen LogP contribution is 2.35. The Hall–Kier alpha value is -3.22. The van der Waals surface area contributed by atoms with Crippen molar-refractivity contribution in [2.45, 2.75) is 32.1 Å². The number of nitrogens with zero attached hydrogens (tertiary/aromatic N) is 2. The summed E-state index contributed by atoms with van der Waals surface area (Å²) >= 11 is 0. The monoisotopic (exact) mass is 466 g/mol. The molecule has 13 heteroatoms. The molecule has 0 unspecified atom stereocenters. The Morgan fingerprint density at radius 1 is 1.25 bits per heavy atom. The van der Waals surface area contributed by atoms with Gasteiger partial charge in [0, 0.05) is 13.0 Å². The Kier molecular flexibility index (Phi) is 6.96. The lowest BCUT2D eigenvalue weighted by Crippen LogP contribution is -2.28. The van der Waals surface area contributed by atoms with Gasteiger partial charge in [0.2, 0.25) is 0 Å². The molecule has 174 valence electrons. The third-order valence-electron chi connectivity index (χ3n) is 4.47. The summed E-state index contributed by atoms with van der Waals surface area (Å²) in [5, 5.41) is 9.51. The van der Waals surface area contributed by atoms with E-state index in [1.54, 1.807) is 0 Å². The molecule has 2 aromatic rings. The number of hydrogen-bond acceptors (Lipinski definition) is 6. The Labute approximate surface area is 177 Å². The van der Waals surface area contributed by atoms with Crippen LogP contribution in [-0.2, 0) is 11.3 Å². The average Bonchev–Trinajstić information content (AvgIpc) is 3.15. The first-order chi connectivity index (χ1) is 15.0. The van der Waals surface area contributed by atoms with Crippen molar-refractivity contribution in [1.29, 1.82) is 0 Å². The largest absolute Gasteiger partial charge is 0.573 e. The van der Waals surface area contributed by atoms with Gasteiger partial charge in [0.15, 0.2) is 17.3 Å². The van der Waals surface area contributed by atoms with Crippen molar-refractivity contribution in [3.05, 3.63) is 47.5 Å². The second kappa shape index (κ2) is 9.51. The maximum Gasteiger partial charge on any atom is 0.573 e. The van der Waals surface area contributed by atoms with Crippen LogP contribution >= 0.6 is 0 Å². The summed E-state index contributed by atoms with van der Waals surface area (Å²) in [6.07, 6.45) is -4.77. The molecule has 2 heterocycles. The van der Waals surface area contributed by atoms with Crippen molar-refractivity contribution in [3.8, 4) is 11.5 Å². The quantitative estimate of drug-likeness (QED) is 0.584. The molecule has 0 aliphatic carbocycles. The third kappa shape index (κ3) is 5.72. The number of benzene rings is 1. The van der Waals surface area contributed by atoms with Gasteiger partial charge in [-0.25, -0.2) is 9.18 Å². The number of rotatable bonds is 8. The number of pyridine rings is 1. The summed E-state index contributed by atoms with van der Waals surface area (Å²) in [7, 11) is 0. The fourth-order valence-corrected chi connectivity index (χ4v) is 3.27. The lowest BCUT2D eigenvalue weighted by atomic mass is 10.1. The van der Waals surface area contributed by atoms with Crippen LogP contribution in [0.3, 0.4) is 0 Å². The van der Waals surface area contributed by atoms with Crippen LogP contribution in [0, 0.1) is 5.82 Å². The average molecular weight is 466 g/mol. The molecule has 0 radical (unpaired) electrons. The number of ether oxygens (including phenoxy) is 3. The fraction of sp³-hybridized carbons (Fsp3) is 0.368. The van der Waals surface area contributed by atoms with Crippen molar-refractivity contribution < 1.29 is 50.5 Å². The molecule has 32 heavy (non-hydrogen) atoms. The van der Waals surface area contributed by atoms with Crippen LogP contribution in [0.4, 0.5) is 32.0 Å². The van der Waals surface area contributed by atoms with Gasteiger partial charge in [-0.3, -0.25) is 4.98 Å². The lowest BCUT2D eigenvalue weighted by molar-refractivity contribution is -0.275. The van der Waals surface area contributed by atoms with Crippen LogP contribution in [-0.4, -0.2) is 48.2 Å². The molecule has 0 spiro atoms. The number of halogens is 6. The number of para-hydroxylation sites is 2. The lowest BCUT2D eigenvalue weighted by Gasteiger charge is -2.23.